The molecule has 0 heterocycles. The molecule has 0 radical (unpaired) electrons. The summed E-state index contributed by atoms with van der Waals surface area (Å²) >= 11 is 0. The quantitative estimate of drug-likeness (QED) is 0.475. The van der Waals surface area contributed by atoms with Crippen LogP contribution in [0.2, 0.25) is 0 Å². The molecule has 0 N–H and O–H groups in total. The Hall–Kier alpha value is -2.04. The van der Waals surface area contributed by atoms with Crippen LogP contribution in [0.25, 0.3) is 0 Å². The lowest BCUT2D eigenvalue weighted by Crippen LogP contribution is -2.18. The van der Waals surface area contributed by atoms with E-state index in [1.807, 2.05) is 0 Å². The molecule has 0 aromatic heterocycles. The van der Waals surface area contributed by atoms with E-state index in [0.717, 1.165) is 25.7 Å². The molecule has 0 spiro atoms. The SMILES string of the molecule is COc1ccc(OC(=O)OC2CCCC2)c(C=O)c1. The van der Waals surface area contributed by atoms with Gasteiger partial charge in [0.2, 0.25) is 0 Å². The topological polar surface area (TPSA) is 61.8 Å². The van der Waals surface area contributed by atoms with Gasteiger partial charge in [0.1, 0.15) is 17.6 Å². The maximum Gasteiger partial charge on any atom is 0.514 e. The van der Waals surface area contributed by atoms with Crippen LogP contribution in [0.3, 0.4) is 0 Å². The first kappa shape index (κ1) is 13.4. The van der Waals surface area contributed by atoms with E-state index in [-0.39, 0.29) is 17.4 Å². The second-order valence-corrected chi connectivity index (χ2v) is 4.40. The molecule has 1 saturated carbocycles. The molecule has 19 heavy (non-hydrogen) atoms. The van der Waals surface area contributed by atoms with E-state index >= 15 is 0 Å². The summed E-state index contributed by atoms with van der Waals surface area (Å²) in [7, 11) is 1.50. The minimum absolute atomic E-state index is 0.0644. The number of hydrogen-bond acceptors (Lipinski definition) is 5. The molecule has 1 aromatic carbocycles. The summed E-state index contributed by atoms with van der Waals surface area (Å²) in [5.74, 6) is 0.706. The number of rotatable bonds is 4. The first-order valence-electron chi connectivity index (χ1n) is 6.24. The van der Waals surface area contributed by atoms with Crippen molar-refractivity contribution in [2.24, 2.45) is 0 Å². The van der Waals surface area contributed by atoms with E-state index in [1.54, 1.807) is 6.07 Å². The highest BCUT2D eigenvalue weighted by molar-refractivity contribution is 5.82. The second-order valence-electron chi connectivity index (χ2n) is 4.40. The minimum atomic E-state index is -0.764. The van der Waals surface area contributed by atoms with Crippen LogP contribution in [0.5, 0.6) is 11.5 Å². The summed E-state index contributed by atoms with van der Waals surface area (Å²) < 4.78 is 15.2. The van der Waals surface area contributed by atoms with Gasteiger partial charge in [0.15, 0.2) is 6.29 Å². The molecule has 1 aliphatic carbocycles. The third-order valence-corrected chi connectivity index (χ3v) is 3.10. The van der Waals surface area contributed by atoms with Crippen molar-refractivity contribution < 1.29 is 23.8 Å². The van der Waals surface area contributed by atoms with Crippen LogP contribution >= 0.6 is 0 Å². The second kappa shape index (κ2) is 6.22. The van der Waals surface area contributed by atoms with E-state index in [1.165, 1.54) is 19.2 Å². The van der Waals surface area contributed by atoms with Crippen molar-refractivity contribution >= 4 is 12.4 Å². The number of carbonyl (C=O) groups is 2. The molecule has 5 heteroatoms. The van der Waals surface area contributed by atoms with Gasteiger partial charge in [0.25, 0.3) is 0 Å². The van der Waals surface area contributed by atoms with Gasteiger partial charge in [-0.15, -0.1) is 0 Å². The smallest absolute Gasteiger partial charge is 0.497 e. The zero-order valence-corrected chi connectivity index (χ0v) is 10.8. The maximum atomic E-state index is 11.6. The van der Waals surface area contributed by atoms with Crippen LogP contribution in [-0.2, 0) is 4.74 Å². The molecule has 0 amide bonds. The minimum Gasteiger partial charge on any atom is -0.497 e. The van der Waals surface area contributed by atoms with Crippen LogP contribution in [0.4, 0.5) is 4.79 Å². The molecule has 5 nitrogen and oxygen atoms in total. The van der Waals surface area contributed by atoms with Crippen molar-refractivity contribution in [1.82, 2.24) is 0 Å². The van der Waals surface area contributed by atoms with Crippen LogP contribution in [0, 0.1) is 0 Å². The first-order chi connectivity index (χ1) is 9.22. The van der Waals surface area contributed by atoms with Crippen LogP contribution in [0.1, 0.15) is 36.0 Å². The summed E-state index contributed by atoms with van der Waals surface area (Å²) in [6.07, 6.45) is 3.67. The summed E-state index contributed by atoms with van der Waals surface area (Å²) in [6, 6.07) is 4.63. The first-order valence-corrected chi connectivity index (χ1v) is 6.24. The highest BCUT2D eigenvalue weighted by Gasteiger charge is 2.21. The van der Waals surface area contributed by atoms with Gasteiger partial charge in [-0.05, 0) is 43.9 Å². The molecular formula is C14H16O5. The number of aldehydes is 1. The van der Waals surface area contributed by atoms with E-state index in [9.17, 15) is 9.59 Å². The van der Waals surface area contributed by atoms with Crippen molar-refractivity contribution in [2.75, 3.05) is 7.11 Å². The van der Waals surface area contributed by atoms with Gasteiger partial charge in [-0.2, -0.15) is 0 Å². The van der Waals surface area contributed by atoms with Crippen LogP contribution in [-0.4, -0.2) is 25.7 Å². The third-order valence-electron chi connectivity index (χ3n) is 3.10. The predicted octanol–water partition coefficient (Wildman–Crippen LogP) is 2.97. The fraction of sp³-hybridized carbons (Fsp3) is 0.429. The molecule has 1 aliphatic rings. The molecule has 102 valence electrons. The average Bonchev–Trinajstić information content (AvgIpc) is 2.91. The summed E-state index contributed by atoms with van der Waals surface area (Å²) in [4.78, 5) is 22.5. The Balaban J connectivity index is 2.01. The van der Waals surface area contributed by atoms with Gasteiger partial charge in [-0.3, -0.25) is 4.79 Å². The van der Waals surface area contributed by atoms with Crippen LogP contribution in [0.15, 0.2) is 18.2 Å². The zero-order chi connectivity index (χ0) is 13.7. The Labute approximate surface area is 111 Å². The molecule has 0 bridgehead atoms. The fourth-order valence-corrected chi connectivity index (χ4v) is 2.09. The number of methoxy groups -OCH3 is 1. The lowest BCUT2D eigenvalue weighted by molar-refractivity contribution is 0.0610. The number of ether oxygens (including phenoxy) is 3. The Kier molecular flexibility index (Phi) is 4.39. The molecule has 0 aliphatic heterocycles. The largest absolute Gasteiger partial charge is 0.514 e. The maximum absolute atomic E-state index is 11.6. The normalized spacial score (nSPS) is 15.0. The number of carbonyl (C=O) groups excluding carboxylic acids is 2. The van der Waals surface area contributed by atoms with Gasteiger partial charge in [0, 0.05) is 0 Å². The van der Waals surface area contributed by atoms with Crippen molar-refractivity contribution in [3.63, 3.8) is 0 Å². The van der Waals surface area contributed by atoms with Gasteiger partial charge < -0.3 is 14.2 Å². The predicted molar refractivity (Wildman–Crippen MR) is 67.7 cm³/mol. The van der Waals surface area contributed by atoms with Gasteiger partial charge in [-0.1, -0.05) is 0 Å². The van der Waals surface area contributed by atoms with Gasteiger partial charge in [-0.25, -0.2) is 4.79 Å². The Morgan fingerprint density at radius 2 is 2.05 bits per heavy atom. The molecule has 0 saturated heterocycles. The van der Waals surface area contributed by atoms with Crippen molar-refractivity contribution in [3.8, 4) is 11.5 Å². The zero-order valence-electron chi connectivity index (χ0n) is 10.8. The van der Waals surface area contributed by atoms with E-state index in [0.29, 0.717) is 12.0 Å². The Morgan fingerprint density at radius 1 is 1.32 bits per heavy atom. The average molecular weight is 264 g/mol. The summed E-state index contributed by atoms with van der Waals surface area (Å²) in [5.41, 5.74) is 0.253. The summed E-state index contributed by atoms with van der Waals surface area (Å²) in [6.45, 7) is 0. The van der Waals surface area contributed by atoms with E-state index < -0.39 is 6.16 Å². The van der Waals surface area contributed by atoms with Crippen molar-refractivity contribution in [2.45, 2.75) is 31.8 Å². The molecule has 2 rings (SSSR count). The molecule has 0 atom stereocenters. The number of benzene rings is 1. The fourth-order valence-electron chi connectivity index (χ4n) is 2.09. The van der Waals surface area contributed by atoms with Crippen molar-refractivity contribution in [1.29, 1.82) is 0 Å². The number of hydrogen-bond donors (Lipinski definition) is 0. The van der Waals surface area contributed by atoms with E-state index in [4.69, 9.17) is 14.2 Å². The van der Waals surface area contributed by atoms with Gasteiger partial charge in [0.05, 0.1) is 12.7 Å². The lowest BCUT2D eigenvalue weighted by Gasteiger charge is -2.12. The van der Waals surface area contributed by atoms with Gasteiger partial charge >= 0.3 is 6.16 Å². The third kappa shape index (κ3) is 3.47. The molecule has 1 fully saturated rings. The molecular weight excluding hydrogens is 248 g/mol. The van der Waals surface area contributed by atoms with Crippen LogP contribution < -0.4 is 9.47 Å². The highest BCUT2D eigenvalue weighted by atomic mass is 16.7. The van der Waals surface area contributed by atoms with E-state index in [2.05, 4.69) is 0 Å². The molecule has 1 aromatic rings. The molecule has 0 unspecified atom stereocenters. The Morgan fingerprint density at radius 3 is 2.68 bits per heavy atom. The lowest BCUT2D eigenvalue weighted by atomic mass is 10.2. The standard InChI is InChI=1S/C14H16O5/c1-17-12-6-7-13(10(8-12)9-15)19-14(16)18-11-4-2-3-5-11/h6-9,11H,2-5H2,1H3. The summed E-state index contributed by atoms with van der Waals surface area (Å²) in [5, 5.41) is 0. The monoisotopic (exact) mass is 264 g/mol. The Bertz CT molecular complexity index is 463. The highest BCUT2D eigenvalue weighted by Crippen LogP contribution is 2.25. The van der Waals surface area contributed by atoms with Crippen molar-refractivity contribution in [3.05, 3.63) is 23.8 Å².